The zero-order chi connectivity index (χ0) is 13.0. The third-order valence-corrected chi connectivity index (χ3v) is 3.98. The van der Waals surface area contributed by atoms with Crippen LogP contribution in [0.15, 0.2) is 24.3 Å². The Kier molecular flexibility index (Phi) is 4.00. The molecule has 1 aromatic carbocycles. The van der Waals surface area contributed by atoms with Crippen LogP contribution in [0.3, 0.4) is 0 Å². The first-order chi connectivity index (χ1) is 8.69. The minimum atomic E-state index is -0.745. The molecule has 1 aromatic rings. The van der Waals surface area contributed by atoms with Crippen molar-refractivity contribution in [2.45, 2.75) is 43.9 Å². The summed E-state index contributed by atoms with van der Waals surface area (Å²) in [6, 6.07) is 7.46. The molecule has 98 valence electrons. The van der Waals surface area contributed by atoms with Crippen LogP contribution in [-0.2, 0) is 16.6 Å². The molecule has 1 aliphatic rings. The summed E-state index contributed by atoms with van der Waals surface area (Å²) < 4.78 is 12.4. The average molecular weight is 250 g/mol. The molecule has 0 bridgehead atoms. The maximum absolute atomic E-state index is 12.4. The lowest BCUT2D eigenvalue weighted by atomic mass is 9.69. The Morgan fingerprint density at radius 3 is 2.61 bits per heavy atom. The van der Waals surface area contributed by atoms with E-state index in [0.717, 1.165) is 30.4 Å². The van der Waals surface area contributed by atoms with Crippen molar-refractivity contribution in [1.29, 1.82) is 0 Å². The molecule has 0 heterocycles. The lowest BCUT2D eigenvalue weighted by Gasteiger charge is -2.33. The molecule has 0 atom stereocenters. The number of aryl methyl sites for hydroxylation is 1. The summed E-state index contributed by atoms with van der Waals surface area (Å²) in [5, 5.41) is 9.59. The van der Waals surface area contributed by atoms with Gasteiger partial charge in [-0.05, 0) is 24.0 Å². The first kappa shape index (κ1) is 13.1. The van der Waals surface area contributed by atoms with E-state index in [1.165, 1.54) is 0 Å². The molecule has 0 unspecified atom stereocenters. The van der Waals surface area contributed by atoms with Crippen LogP contribution in [0.1, 0.15) is 43.2 Å². The minimum Gasteiger partial charge on any atom is -0.481 e. The fourth-order valence-electron chi connectivity index (χ4n) is 2.91. The minimum absolute atomic E-state index is 0.365. The Labute approximate surface area is 107 Å². The van der Waals surface area contributed by atoms with E-state index in [4.69, 9.17) is 0 Å². The van der Waals surface area contributed by atoms with Gasteiger partial charge in [-0.25, -0.2) is 0 Å². The smallest absolute Gasteiger partial charge is 0.314 e. The number of rotatable bonds is 4. The van der Waals surface area contributed by atoms with Crippen molar-refractivity contribution in [3.8, 4) is 0 Å². The predicted octanol–water partition coefficient (Wildman–Crippen LogP) is 3.49. The van der Waals surface area contributed by atoms with Crippen LogP contribution < -0.4 is 0 Å². The second-order valence-corrected chi connectivity index (χ2v) is 5.09. The molecule has 0 spiro atoms. The SMILES string of the molecule is O=C(O)C1(c2cccc(CCF)c2)CCCCC1. The van der Waals surface area contributed by atoms with Gasteiger partial charge in [-0.2, -0.15) is 0 Å². The first-order valence-electron chi connectivity index (χ1n) is 6.58. The number of aliphatic carboxylic acids is 1. The summed E-state index contributed by atoms with van der Waals surface area (Å²) >= 11 is 0. The zero-order valence-electron chi connectivity index (χ0n) is 10.5. The average Bonchev–Trinajstić information content (AvgIpc) is 2.40. The molecule has 3 heteroatoms. The van der Waals surface area contributed by atoms with E-state index in [2.05, 4.69) is 0 Å². The van der Waals surface area contributed by atoms with Crippen LogP contribution >= 0.6 is 0 Å². The highest BCUT2D eigenvalue weighted by molar-refractivity contribution is 5.81. The number of carboxylic acids is 1. The standard InChI is InChI=1S/C15H19FO2/c16-10-7-12-5-4-6-13(11-12)15(14(17)18)8-2-1-3-9-15/h4-6,11H,1-3,7-10H2,(H,17,18). The van der Waals surface area contributed by atoms with Gasteiger partial charge >= 0.3 is 5.97 Å². The van der Waals surface area contributed by atoms with Crippen LogP contribution in [0, 0.1) is 0 Å². The van der Waals surface area contributed by atoms with Gasteiger partial charge < -0.3 is 5.11 Å². The Morgan fingerprint density at radius 2 is 2.00 bits per heavy atom. The maximum atomic E-state index is 12.4. The molecule has 0 aliphatic heterocycles. The maximum Gasteiger partial charge on any atom is 0.314 e. The van der Waals surface area contributed by atoms with E-state index >= 15 is 0 Å². The van der Waals surface area contributed by atoms with Crippen molar-refractivity contribution in [1.82, 2.24) is 0 Å². The largest absolute Gasteiger partial charge is 0.481 e. The van der Waals surface area contributed by atoms with Crippen molar-refractivity contribution < 1.29 is 14.3 Å². The topological polar surface area (TPSA) is 37.3 Å². The van der Waals surface area contributed by atoms with Crippen LogP contribution in [0.2, 0.25) is 0 Å². The summed E-state index contributed by atoms with van der Waals surface area (Å²) in [5.41, 5.74) is 0.992. The first-order valence-corrected chi connectivity index (χ1v) is 6.58. The Bertz CT molecular complexity index is 422. The van der Waals surface area contributed by atoms with Gasteiger partial charge in [0.1, 0.15) is 0 Å². The number of alkyl halides is 1. The predicted molar refractivity (Wildman–Crippen MR) is 68.5 cm³/mol. The molecule has 1 saturated carbocycles. The molecule has 0 saturated heterocycles. The molecular weight excluding hydrogens is 231 g/mol. The fourth-order valence-corrected chi connectivity index (χ4v) is 2.91. The lowest BCUT2D eigenvalue weighted by Crippen LogP contribution is -2.37. The van der Waals surface area contributed by atoms with E-state index < -0.39 is 18.1 Å². The van der Waals surface area contributed by atoms with Gasteiger partial charge in [0.05, 0.1) is 12.1 Å². The molecule has 1 aliphatic carbocycles. The van der Waals surface area contributed by atoms with E-state index in [9.17, 15) is 14.3 Å². The number of carbonyl (C=O) groups is 1. The number of halogens is 1. The normalized spacial score (nSPS) is 18.5. The molecule has 1 fully saturated rings. The number of hydrogen-bond acceptors (Lipinski definition) is 1. The van der Waals surface area contributed by atoms with Gasteiger partial charge in [0.2, 0.25) is 0 Å². The molecule has 18 heavy (non-hydrogen) atoms. The second-order valence-electron chi connectivity index (χ2n) is 5.09. The lowest BCUT2D eigenvalue weighted by molar-refractivity contribution is -0.145. The van der Waals surface area contributed by atoms with Crippen molar-refractivity contribution in [3.63, 3.8) is 0 Å². The van der Waals surface area contributed by atoms with Gasteiger partial charge in [0.15, 0.2) is 0 Å². The van der Waals surface area contributed by atoms with Crippen molar-refractivity contribution >= 4 is 5.97 Å². The van der Waals surface area contributed by atoms with Gasteiger partial charge in [0, 0.05) is 6.42 Å². The molecule has 1 N–H and O–H groups in total. The molecule has 0 amide bonds. The third kappa shape index (κ3) is 2.40. The summed E-state index contributed by atoms with van der Waals surface area (Å²) in [4.78, 5) is 11.7. The van der Waals surface area contributed by atoms with Gasteiger partial charge in [0.25, 0.3) is 0 Å². The summed E-state index contributed by atoms with van der Waals surface area (Å²) in [6.45, 7) is -0.399. The van der Waals surface area contributed by atoms with E-state index in [0.29, 0.717) is 19.3 Å². The second kappa shape index (κ2) is 5.51. The zero-order valence-corrected chi connectivity index (χ0v) is 10.5. The Balaban J connectivity index is 2.36. The summed E-state index contributed by atoms with van der Waals surface area (Å²) in [6.07, 6.45) is 4.78. The van der Waals surface area contributed by atoms with Crippen molar-refractivity contribution in [2.24, 2.45) is 0 Å². The van der Waals surface area contributed by atoms with Gasteiger partial charge in [-0.3, -0.25) is 9.18 Å². The van der Waals surface area contributed by atoms with Crippen LogP contribution in [0.25, 0.3) is 0 Å². The van der Waals surface area contributed by atoms with E-state index in [1.807, 2.05) is 24.3 Å². The van der Waals surface area contributed by atoms with Crippen LogP contribution in [0.4, 0.5) is 4.39 Å². The van der Waals surface area contributed by atoms with Gasteiger partial charge in [-0.1, -0.05) is 43.5 Å². The third-order valence-electron chi connectivity index (χ3n) is 3.98. The van der Waals surface area contributed by atoms with Crippen molar-refractivity contribution in [3.05, 3.63) is 35.4 Å². The highest BCUT2D eigenvalue weighted by Gasteiger charge is 2.41. The Hall–Kier alpha value is -1.38. The molecule has 0 radical (unpaired) electrons. The fraction of sp³-hybridized carbons (Fsp3) is 0.533. The highest BCUT2D eigenvalue weighted by atomic mass is 19.1. The molecule has 2 rings (SSSR count). The van der Waals surface area contributed by atoms with Crippen molar-refractivity contribution in [2.75, 3.05) is 6.67 Å². The van der Waals surface area contributed by atoms with E-state index in [1.54, 1.807) is 0 Å². The Morgan fingerprint density at radius 1 is 1.28 bits per heavy atom. The van der Waals surface area contributed by atoms with E-state index in [-0.39, 0.29) is 0 Å². The highest BCUT2D eigenvalue weighted by Crippen LogP contribution is 2.40. The van der Waals surface area contributed by atoms with Crippen LogP contribution in [-0.4, -0.2) is 17.8 Å². The number of benzene rings is 1. The molecule has 0 aromatic heterocycles. The van der Waals surface area contributed by atoms with Gasteiger partial charge in [-0.15, -0.1) is 0 Å². The monoisotopic (exact) mass is 250 g/mol. The van der Waals surface area contributed by atoms with Crippen LogP contribution in [0.5, 0.6) is 0 Å². The molecule has 2 nitrogen and oxygen atoms in total. The molecular formula is C15H19FO2. The number of hydrogen-bond donors (Lipinski definition) is 1. The quantitative estimate of drug-likeness (QED) is 0.888. The summed E-state index contributed by atoms with van der Waals surface area (Å²) in [7, 11) is 0. The number of carboxylic acid groups (broad SMARTS) is 1. The summed E-state index contributed by atoms with van der Waals surface area (Å²) in [5.74, 6) is -0.736.